The maximum Gasteiger partial charge on any atom is 0.407 e. The minimum absolute atomic E-state index is 0.0276. The number of rotatable bonds is 7. The highest BCUT2D eigenvalue weighted by molar-refractivity contribution is 5.76. The van der Waals surface area contributed by atoms with Gasteiger partial charge < -0.3 is 10.1 Å². The Morgan fingerprint density at radius 2 is 1.96 bits per heavy atom. The van der Waals surface area contributed by atoms with E-state index < -0.39 is 11.9 Å². The van der Waals surface area contributed by atoms with Crippen molar-refractivity contribution in [3.63, 3.8) is 0 Å². The van der Waals surface area contributed by atoms with Gasteiger partial charge in [-0.3, -0.25) is 4.79 Å². The first kappa shape index (κ1) is 17.4. The van der Waals surface area contributed by atoms with Crippen molar-refractivity contribution in [2.45, 2.75) is 13.0 Å². The predicted octanol–water partition coefficient (Wildman–Crippen LogP) is 3.97. The lowest BCUT2D eigenvalue weighted by Gasteiger charge is -2.05. The van der Waals surface area contributed by atoms with Gasteiger partial charge >= 0.3 is 6.09 Å². The van der Waals surface area contributed by atoms with Crippen molar-refractivity contribution in [1.82, 2.24) is 5.32 Å². The molecule has 0 fully saturated rings. The van der Waals surface area contributed by atoms with E-state index in [2.05, 4.69) is 5.32 Å². The lowest BCUT2D eigenvalue weighted by molar-refractivity contribution is 0.111. The first-order valence-corrected chi connectivity index (χ1v) is 7.55. The second kappa shape index (κ2) is 9.25. The van der Waals surface area contributed by atoms with Gasteiger partial charge in [0, 0.05) is 6.54 Å². The zero-order valence-electron chi connectivity index (χ0n) is 13.1. The molecular weight excluding hydrogens is 309 g/mol. The van der Waals surface area contributed by atoms with E-state index in [1.807, 2.05) is 36.4 Å². The highest BCUT2D eigenvalue weighted by atomic mass is 19.1. The van der Waals surface area contributed by atoms with E-state index in [0.717, 1.165) is 11.1 Å². The SMILES string of the molecule is O=Cc1cc(C=CCCNC(=O)OCc2ccccc2)ccc1F. The number of ether oxygens (including phenoxy) is 1. The van der Waals surface area contributed by atoms with Crippen LogP contribution in [0.15, 0.2) is 54.6 Å². The van der Waals surface area contributed by atoms with Crippen LogP contribution in [0.2, 0.25) is 0 Å². The molecule has 2 rings (SSSR count). The van der Waals surface area contributed by atoms with Crippen LogP contribution in [0.4, 0.5) is 9.18 Å². The zero-order chi connectivity index (χ0) is 17.2. The van der Waals surface area contributed by atoms with Gasteiger partial charge in [-0.1, -0.05) is 48.6 Å². The van der Waals surface area contributed by atoms with Crippen LogP contribution in [-0.4, -0.2) is 18.9 Å². The fourth-order valence-electron chi connectivity index (χ4n) is 2.01. The van der Waals surface area contributed by atoms with Crippen molar-refractivity contribution >= 4 is 18.5 Å². The summed E-state index contributed by atoms with van der Waals surface area (Å²) in [5, 5.41) is 2.64. The molecule has 4 nitrogen and oxygen atoms in total. The number of alkyl carbamates (subject to hydrolysis) is 1. The molecule has 0 aliphatic carbocycles. The third kappa shape index (κ3) is 5.68. The first-order chi connectivity index (χ1) is 11.7. The average Bonchev–Trinajstić information content (AvgIpc) is 2.62. The Bertz CT molecular complexity index is 714. The second-order valence-electron chi connectivity index (χ2n) is 5.08. The van der Waals surface area contributed by atoms with Gasteiger partial charge in [0.1, 0.15) is 12.4 Å². The molecule has 0 saturated heterocycles. The number of amides is 1. The number of halogens is 1. The molecule has 0 bridgehead atoms. The summed E-state index contributed by atoms with van der Waals surface area (Å²) < 4.78 is 18.3. The van der Waals surface area contributed by atoms with E-state index in [0.29, 0.717) is 19.3 Å². The minimum atomic E-state index is -0.537. The van der Waals surface area contributed by atoms with Crippen molar-refractivity contribution in [2.75, 3.05) is 6.54 Å². The molecule has 5 heteroatoms. The molecule has 0 radical (unpaired) electrons. The van der Waals surface area contributed by atoms with Crippen molar-refractivity contribution < 1.29 is 18.7 Å². The van der Waals surface area contributed by atoms with Crippen LogP contribution in [-0.2, 0) is 11.3 Å². The Balaban J connectivity index is 1.68. The Hall–Kier alpha value is -2.95. The number of carbonyl (C=O) groups excluding carboxylic acids is 2. The molecule has 0 atom stereocenters. The topological polar surface area (TPSA) is 55.4 Å². The summed E-state index contributed by atoms with van der Waals surface area (Å²) in [5.74, 6) is -0.537. The van der Waals surface area contributed by atoms with Gasteiger partial charge in [0.15, 0.2) is 6.29 Å². The molecule has 2 aromatic rings. The van der Waals surface area contributed by atoms with E-state index in [-0.39, 0.29) is 12.2 Å². The van der Waals surface area contributed by atoms with Gasteiger partial charge in [-0.15, -0.1) is 0 Å². The zero-order valence-corrected chi connectivity index (χ0v) is 13.1. The number of benzene rings is 2. The monoisotopic (exact) mass is 327 g/mol. The quantitative estimate of drug-likeness (QED) is 0.618. The van der Waals surface area contributed by atoms with Gasteiger partial charge in [0.25, 0.3) is 0 Å². The summed E-state index contributed by atoms with van der Waals surface area (Å²) >= 11 is 0. The summed E-state index contributed by atoms with van der Waals surface area (Å²) in [5.41, 5.74) is 1.68. The number of hydrogen-bond donors (Lipinski definition) is 1. The molecule has 1 N–H and O–H groups in total. The molecule has 0 saturated carbocycles. The molecule has 2 aromatic carbocycles. The molecule has 0 aromatic heterocycles. The number of nitrogens with one attached hydrogen (secondary N) is 1. The van der Waals surface area contributed by atoms with Gasteiger partial charge in [0.2, 0.25) is 0 Å². The Labute approximate surface area is 140 Å². The minimum Gasteiger partial charge on any atom is -0.445 e. The highest BCUT2D eigenvalue weighted by Crippen LogP contribution is 2.10. The molecule has 24 heavy (non-hydrogen) atoms. The van der Waals surface area contributed by atoms with E-state index in [1.165, 1.54) is 12.1 Å². The fourth-order valence-corrected chi connectivity index (χ4v) is 2.01. The molecule has 0 heterocycles. The fraction of sp³-hybridized carbons (Fsp3) is 0.158. The summed E-state index contributed by atoms with van der Waals surface area (Å²) in [6.07, 6.45) is 4.20. The first-order valence-electron chi connectivity index (χ1n) is 7.55. The van der Waals surface area contributed by atoms with Gasteiger partial charge in [-0.25, -0.2) is 9.18 Å². The summed E-state index contributed by atoms with van der Waals surface area (Å²) in [7, 11) is 0. The highest BCUT2D eigenvalue weighted by Gasteiger charge is 2.01. The lowest BCUT2D eigenvalue weighted by Crippen LogP contribution is -2.24. The number of aldehydes is 1. The third-order valence-corrected chi connectivity index (χ3v) is 3.25. The van der Waals surface area contributed by atoms with Crippen molar-refractivity contribution in [2.24, 2.45) is 0 Å². The van der Waals surface area contributed by atoms with Crippen LogP contribution in [0.3, 0.4) is 0 Å². The van der Waals surface area contributed by atoms with Gasteiger partial charge in [0.05, 0.1) is 5.56 Å². The average molecular weight is 327 g/mol. The van der Waals surface area contributed by atoms with Gasteiger partial charge in [-0.05, 0) is 29.7 Å². The molecule has 0 aliphatic heterocycles. The second-order valence-corrected chi connectivity index (χ2v) is 5.08. The van der Waals surface area contributed by atoms with Crippen LogP contribution in [0.1, 0.15) is 27.9 Å². The molecular formula is C19H18FNO3. The van der Waals surface area contributed by atoms with E-state index in [4.69, 9.17) is 4.74 Å². The van der Waals surface area contributed by atoms with E-state index in [1.54, 1.807) is 12.1 Å². The van der Waals surface area contributed by atoms with Crippen molar-refractivity contribution in [3.05, 3.63) is 77.1 Å². The van der Waals surface area contributed by atoms with Crippen LogP contribution in [0.25, 0.3) is 6.08 Å². The van der Waals surface area contributed by atoms with Gasteiger partial charge in [-0.2, -0.15) is 0 Å². The standard InChI is InChI=1S/C19H18FNO3/c20-18-10-9-15(12-17(18)13-22)6-4-5-11-21-19(23)24-14-16-7-2-1-3-8-16/h1-4,6-10,12-13H,5,11,14H2,(H,21,23). The lowest BCUT2D eigenvalue weighted by atomic mass is 10.1. The number of hydrogen-bond acceptors (Lipinski definition) is 3. The van der Waals surface area contributed by atoms with E-state index in [9.17, 15) is 14.0 Å². The molecule has 0 aliphatic rings. The normalized spacial score (nSPS) is 10.5. The molecule has 0 unspecified atom stereocenters. The largest absolute Gasteiger partial charge is 0.445 e. The Morgan fingerprint density at radius 1 is 1.17 bits per heavy atom. The van der Waals surface area contributed by atoms with Crippen molar-refractivity contribution in [3.8, 4) is 0 Å². The Morgan fingerprint density at radius 3 is 2.71 bits per heavy atom. The van der Waals surface area contributed by atoms with Crippen LogP contribution in [0.5, 0.6) is 0 Å². The summed E-state index contributed by atoms with van der Waals surface area (Å²) in [6, 6.07) is 13.7. The van der Waals surface area contributed by atoms with E-state index >= 15 is 0 Å². The number of carbonyl (C=O) groups is 2. The van der Waals surface area contributed by atoms with Crippen LogP contribution in [0, 0.1) is 5.82 Å². The predicted molar refractivity (Wildman–Crippen MR) is 90.1 cm³/mol. The molecule has 1 amide bonds. The van der Waals surface area contributed by atoms with Crippen molar-refractivity contribution in [1.29, 1.82) is 0 Å². The molecule has 0 spiro atoms. The summed E-state index contributed by atoms with van der Waals surface area (Å²) in [6.45, 7) is 0.651. The molecule has 124 valence electrons. The summed E-state index contributed by atoms with van der Waals surface area (Å²) in [4.78, 5) is 22.2. The van der Waals surface area contributed by atoms with Crippen LogP contribution < -0.4 is 5.32 Å². The third-order valence-electron chi connectivity index (χ3n) is 3.25. The smallest absolute Gasteiger partial charge is 0.407 e. The Kier molecular flexibility index (Phi) is 6.71. The maximum absolute atomic E-state index is 13.2. The van der Waals surface area contributed by atoms with Crippen LogP contribution >= 0.6 is 0 Å². The maximum atomic E-state index is 13.2.